The maximum Gasteiger partial charge on any atom is 0.344 e. The zero-order valence-corrected chi connectivity index (χ0v) is 38.7. The van der Waals surface area contributed by atoms with Crippen LogP contribution in [0, 0.1) is 13.8 Å². The molecular weight excluding hydrogens is 931 g/mol. The van der Waals surface area contributed by atoms with Crippen LogP contribution in [0.15, 0.2) is 84.9 Å². The van der Waals surface area contributed by atoms with E-state index in [1.54, 1.807) is 98.8 Å². The molecule has 0 fully saturated rings. The first-order valence-corrected chi connectivity index (χ1v) is 21.4. The van der Waals surface area contributed by atoms with E-state index in [1.807, 2.05) is 0 Å². The normalized spacial score (nSPS) is 11.4. The molecule has 360 valence electrons. The highest BCUT2D eigenvalue weighted by atomic mass is 35.5. The zero-order chi connectivity index (χ0) is 49.7. The molecule has 1 unspecified atom stereocenters. The molecule has 0 bridgehead atoms. The van der Waals surface area contributed by atoms with Gasteiger partial charge in [0.25, 0.3) is 11.8 Å². The molecule has 0 aliphatic carbocycles. The minimum atomic E-state index is -1.21. The van der Waals surface area contributed by atoms with Crippen LogP contribution in [0.2, 0.25) is 10.0 Å². The quantitative estimate of drug-likeness (QED) is 0.0681. The van der Waals surface area contributed by atoms with Gasteiger partial charge in [-0.1, -0.05) is 23.2 Å². The molecule has 20 heteroatoms. The van der Waals surface area contributed by atoms with E-state index in [4.69, 9.17) is 66.9 Å². The summed E-state index contributed by atoms with van der Waals surface area (Å²) in [6, 6.07) is 23.3. The van der Waals surface area contributed by atoms with E-state index in [9.17, 15) is 33.9 Å². The number of benzene rings is 4. The number of ether oxygens (including phenoxy) is 6. The van der Waals surface area contributed by atoms with E-state index in [1.165, 1.54) is 23.4 Å². The van der Waals surface area contributed by atoms with Crippen LogP contribution in [0.1, 0.15) is 43.2 Å². The predicted molar refractivity (Wildman–Crippen MR) is 246 cm³/mol. The topological polar surface area (TPSA) is 249 Å². The maximum absolute atomic E-state index is 13.3. The Labute approximate surface area is 399 Å². The third-order valence-corrected chi connectivity index (χ3v) is 10.9. The fourth-order valence-electron chi connectivity index (χ4n) is 6.90. The monoisotopic (exact) mass is 978 g/mol. The molecule has 0 saturated heterocycles. The van der Waals surface area contributed by atoms with Gasteiger partial charge in [-0.05, 0) is 110 Å². The second-order valence-electron chi connectivity index (χ2n) is 14.9. The largest absolute Gasteiger partial charge is 0.497 e. The van der Waals surface area contributed by atoms with Crippen LogP contribution in [0.3, 0.4) is 0 Å². The fraction of sp³-hybridized carbons (Fsp3) is 0.292. The molecule has 0 radical (unpaired) electrons. The first-order valence-electron chi connectivity index (χ1n) is 20.7. The summed E-state index contributed by atoms with van der Waals surface area (Å²) in [5, 5.41) is 38.2. The maximum atomic E-state index is 13.3. The van der Waals surface area contributed by atoms with Gasteiger partial charge in [-0.15, -0.1) is 0 Å². The Hall–Kier alpha value is -6.80. The molecular formula is C48H48Cl2N2O16. The molecule has 4 aromatic carbocycles. The number of hydrogen-bond acceptors (Lipinski definition) is 16. The first kappa shape index (κ1) is 52.2. The number of halogens is 2. The number of esters is 4. The molecule has 1 atom stereocenters. The van der Waals surface area contributed by atoms with Crippen LogP contribution < -0.4 is 9.47 Å². The number of aromatic nitrogens is 2. The van der Waals surface area contributed by atoms with Gasteiger partial charge in [0.1, 0.15) is 30.3 Å². The molecule has 18 nitrogen and oxygen atoms in total. The van der Waals surface area contributed by atoms with Crippen molar-refractivity contribution < 1.29 is 77.6 Å². The van der Waals surface area contributed by atoms with Crippen molar-refractivity contribution in [3.8, 4) is 11.5 Å². The van der Waals surface area contributed by atoms with Crippen molar-refractivity contribution in [1.29, 1.82) is 0 Å². The Kier molecular flexibility index (Phi) is 18.6. The Morgan fingerprint density at radius 1 is 0.559 bits per heavy atom. The van der Waals surface area contributed by atoms with Crippen LogP contribution in [0.4, 0.5) is 0 Å². The molecule has 6 aromatic rings. The van der Waals surface area contributed by atoms with Crippen molar-refractivity contribution in [3.05, 3.63) is 129 Å². The van der Waals surface area contributed by atoms with E-state index in [0.29, 0.717) is 77.0 Å². The van der Waals surface area contributed by atoms with Crippen molar-refractivity contribution in [2.75, 3.05) is 53.9 Å². The molecule has 68 heavy (non-hydrogen) atoms. The lowest BCUT2D eigenvalue weighted by atomic mass is 10.1. The van der Waals surface area contributed by atoms with Crippen molar-refractivity contribution in [3.63, 3.8) is 0 Å². The van der Waals surface area contributed by atoms with Crippen LogP contribution in [0.5, 0.6) is 11.5 Å². The molecule has 0 aliphatic rings. The average Bonchev–Trinajstić information content (AvgIpc) is 3.77. The summed E-state index contributed by atoms with van der Waals surface area (Å²) in [5.74, 6) is -2.69. The summed E-state index contributed by atoms with van der Waals surface area (Å²) >= 11 is 11.9. The molecule has 0 saturated carbocycles. The Morgan fingerprint density at radius 3 is 1.35 bits per heavy atom. The zero-order valence-electron chi connectivity index (χ0n) is 37.2. The highest BCUT2D eigenvalue weighted by molar-refractivity contribution is 6.31. The standard InChI is InChI=1S/2C24H24ClNO8/c1-14-19(10-22(29)34-13-23(30)33-12-17(28)11-27)20-9-18(32-2)7-8-21(20)26(14)24(31)15-3-5-16(25)6-4-15;1-14-19(10-22(29)33-13-23(30)34-18(11-27)12-28)20-9-17(32-2)7-8-21(20)26(14)24(31)15-3-5-16(25)6-4-15/h3-9,17,27-28H,10-13H2,1-2H3;3-9,18,27-28H,10-13H2,1-2H3. The van der Waals surface area contributed by atoms with Gasteiger partial charge < -0.3 is 48.8 Å². The third kappa shape index (κ3) is 13.0. The van der Waals surface area contributed by atoms with E-state index in [0.717, 1.165) is 0 Å². The Balaban J connectivity index is 0.000000254. The number of methoxy groups -OCH3 is 2. The SMILES string of the molecule is COc1ccc2c(c1)c(CC(=O)OCC(=O)OC(CO)CO)c(C)n2C(=O)c1ccc(Cl)cc1.COc1ccc2c(c1)c(CC(=O)OCC(=O)OCC(O)CO)c(C)n2C(=O)c1ccc(Cl)cc1. The third-order valence-electron chi connectivity index (χ3n) is 10.4. The van der Waals surface area contributed by atoms with Crippen molar-refractivity contribution in [1.82, 2.24) is 9.13 Å². The first-order chi connectivity index (χ1) is 32.5. The molecule has 2 heterocycles. The van der Waals surface area contributed by atoms with Gasteiger partial charge in [-0.3, -0.25) is 28.3 Å². The molecule has 0 amide bonds. The smallest absolute Gasteiger partial charge is 0.344 e. The van der Waals surface area contributed by atoms with Gasteiger partial charge in [0.15, 0.2) is 13.2 Å². The number of aliphatic hydroxyl groups is 4. The van der Waals surface area contributed by atoms with E-state index >= 15 is 0 Å². The lowest BCUT2D eigenvalue weighted by molar-refractivity contribution is -0.164. The lowest BCUT2D eigenvalue weighted by Crippen LogP contribution is -2.28. The number of rotatable bonds is 18. The van der Waals surface area contributed by atoms with Crippen LogP contribution in [-0.4, -0.2) is 131 Å². The minimum Gasteiger partial charge on any atom is -0.497 e. The van der Waals surface area contributed by atoms with Crippen molar-refractivity contribution >= 4 is 80.7 Å². The minimum absolute atomic E-state index is 0.205. The number of nitrogens with zero attached hydrogens (tertiary/aromatic N) is 2. The van der Waals surface area contributed by atoms with Gasteiger partial charge in [0, 0.05) is 43.3 Å². The Morgan fingerprint density at radius 2 is 0.971 bits per heavy atom. The van der Waals surface area contributed by atoms with Gasteiger partial charge in [0.05, 0.1) is 57.9 Å². The van der Waals surface area contributed by atoms with Crippen LogP contribution in [0.25, 0.3) is 21.8 Å². The van der Waals surface area contributed by atoms with E-state index in [-0.39, 0.29) is 24.7 Å². The summed E-state index contributed by atoms with van der Waals surface area (Å²) in [6.45, 7) is 0.0108. The highest BCUT2D eigenvalue weighted by Crippen LogP contribution is 2.33. The Bertz CT molecular complexity index is 2780. The lowest BCUT2D eigenvalue weighted by Gasteiger charge is -2.12. The molecule has 2 aromatic heterocycles. The number of carbonyl (C=O) groups is 6. The number of fused-ring (bicyclic) bond motifs is 2. The van der Waals surface area contributed by atoms with Gasteiger partial charge in [-0.2, -0.15) is 0 Å². The average molecular weight is 980 g/mol. The summed E-state index contributed by atoms with van der Waals surface area (Å²) in [4.78, 5) is 75.0. The van der Waals surface area contributed by atoms with Gasteiger partial charge in [-0.25, -0.2) is 9.59 Å². The summed E-state index contributed by atoms with van der Waals surface area (Å²) < 4.78 is 33.1. The summed E-state index contributed by atoms with van der Waals surface area (Å²) in [7, 11) is 3.02. The second-order valence-corrected chi connectivity index (χ2v) is 15.7. The fourth-order valence-corrected chi connectivity index (χ4v) is 7.15. The predicted octanol–water partition coefficient (Wildman–Crippen LogP) is 4.56. The number of hydrogen-bond donors (Lipinski definition) is 4. The van der Waals surface area contributed by atoms with Crippen LogP contribution in [-0.2, 0) is 51.0 Å². The van der Waals surface area contributed by atoms with Crippen molar-refractivity contribution in [2.45, 2.75) is 38.9 Å². The number of aliphatic hydroxyl groups excluding tert-OH is 4. The van der Waals surface area contributed by atoms with Crippen molar-refractivity contribution in [2.24, 2.45) is 0 Å². The molecule has 4 N–H and O–H groups in total. The molecule has 0 spiro atoms. The van der Waals surface area contributed by atoms with Crippen LogP contribution >= 0.6 is 23.2 Å². The highest BCUT2D eigenvalue weighted by Gasteiger charge is 2.25. The van der Waals surface area contributed by atoms with Gasteiger partial charge >= 0.3 is 23.9 Å². The molecule has 6 rings (SSSR count). The molecule has 0 aliphatic heterocycles. The number of carbonyl (C=O) groups excluding carboxylic acids is 6. The summed E-state index contributed by atoms with van der Waals surface area (Å²) in [5.41, 5.74) is 4.15. The second kappa shape index (κ2) is 24.3. The summed E-state index contributed by atoms with van der Waals surface area (Å²) in [6.07, 6.45) is -2.71. The van der Waals surface area contributed by atoms with Gasteiger partial charge in [0.2, 0.25) is 0 Å². The van der Waals surface area contributed by atoms with E-state index < -0.39 is 75.7 Å². The van der Waals surface area contributed by atoms with E-state index in [2.05, 4.69) is 0 Å².